The summed E-state index contributed by atoms with van der Waals surface area (Å²) >= 11 is 0. The van der Waals surface area contributed by atoms with E-state index < -0.39 is 0 Å². The van der Waals surface area contributed by atoms with Gasteiger partial charge in [0.1, 0.15) is 12.4 Å². The fraction of sp³-hybridized carbons (Fsp3) is 0.769. The number of nitrogens with one attached hydrogen (secondary N) is 1. The van der Waals surface area contributed by atoms with Gasteiger partial charge in [-0.05, 0) is 19.3 Å². The van der Waals surface area contributed by atoms with Crippen LogP contribution in [0, 0.1) is 0 Å². The molecule has 0 unspecified atom stereocenters. The van der Waals surface area contributed by atoms with Gasteiger partial charge in [0.2, 0.25) is 0 Å². The lowest BCUT2D eigenvalue weighted by molar-refractivity contribution is 0.412. The second-order valence-electron chi connectivity index (χ2n) is 5.47. The third kappa shape index (κ3) is 2.88. The van der Waals surface area contributed by atoms with Crippen LogP contribution in [-0.4, -0.2) is 26.8 Å². The maximum atomic E-state index is 5.95. The Bertz CT molecular complexity index is 458. The molecule has 0 aromatic carbocycles. The molecule has 19 heavy (non-hydrogen) atoms. The van der Waals surface area contributed by atoms with Crippen LogP contribution in [0.3, 0.4) is 0 Å². The van der Waals surface area contributed by atoms with Crippen LogP contribution in [-0.2, 0) is 19.5 Å². The van der Waals surface area contributed by atoms with E-state index in [9.17, 15) is 0 Å². The van der Waals surface area contributed by atoms with E-state index in [2.05, 4.69) is 25.1 Å². The van der Waals surface area contributed by atoms with Gasteiger partial charge in [0.05, 0.1) is 0 Å². The average Bonchev–Trinajstić information content (AvgIpc) is 3.01. The molecular formula is C13H22N6. The number of aromatic nitrogens is 3. The Morgan fingerprint density at radius 3 is 2.95 bits per heavy atom. The number of aliphatic imine (C=N–C) groups is 1. The van der Waals surface area contributed by atoms with Crippen molar-refractivity contribution in [1.29, 1.82) is 0 Å². The molecule has 0 bridgehead atoms. The van der Waals surface area contributed by atoms with E-state index >= 15 is 0 Å². The lowest BCUT2D eigenvalue weighted by atomic mass is 9.96. The monoisotopic (exact) mass is 262 g/mol. The van der Waals surface area contributed by atoms with E-state index in [4.69, 9.17) is 5.73 Å². The second kappa shape index (κ2) is 5.59. The molecule has 1 aliphatic carbocycles. The minimum Gasteiger partial charge on any atom is -0.370 e. The number of rotatable bonds is 3. The lowest BCUT2D eigenvalue weighted by Crippen LogP contribution is -2.41. The maximum absolute atomic E-state index is 5.95. The fourth-order valence-corrected chi connectivity index (χ4v) is 2.99. The summed E-state index contributed by atoms with van der Waals surface area (Å²) < 4.78 is 2.16. The van der Waals surface area contributed by atoms with E-state index in [0.29, 0.717) is 18.5 Å². The first-order chi connectivity index (χ1) is 9.33. The Morgan fingerprint density at radius 1 is 1.26 bits per heavy atom. The fourth-order valence-electron chi connectivity index (χ4n) is 2.99. The number of guanidine groups is 1. The van der Waals surface area contributed by atoms with Gasteiger partial charge in [0.25, 0.3) is 0 Å². The molecule has 0 saturated heterocycles. The molecule has 2 heterocycles. The first kappa shape index (κ1) is 12.4. The number of hydrogen-bond donors (Lipinski definition) is 2. The highest BCUT2D eigenvalue weighted by atomic mass is 15.3. The van der Waals surface area contributed by atoms with Gasteiger partial charge < -0.3 is 15.6 Å². The van der Waals surface area contributed by atoms with Crippen LogP contribution in [0.1, 0.15) is 50.2 Å². The maximum Gasteiger partial charge on any atom is 0.189 e. The zero-order valence-corrected chi connectivity index (χ0v) is 11.3. The Kier molecular flexibility index (Phi) is 3.66. The molecular weight excluding hydrogens is 240 g/mol. The molecule has 0 atom stereocenters. The quantitative estimate of drug-likeness (QED) is 0.628. The zero-order chi connectivity index (χ0) is 13.1. The summed E-state index contributed by atoms with van der Waals surface area (Å²) in [5, 5.41) is 11.7. The summed E-state index contributed by atoms with van der Waals surface area (Å²) in [6.07, 6.45) is 8.55. The largest absolute Gasteiger partial charge is 0.370 e. The van der Waals surface area contributed by atoms with Crippen molar-refractivity contribution in [3.63, 3.8) is 0 Å². The van der Waals surface area contributed by atoms with Gasteiger partial charge >= 0.3 is 0 Å². The van der Waals surface area contributed by atoms with Gasteiger partial charge in [-0.2, -0.15) is 0 Å². The minimum atomic E-state index is 0.501. The Labute approximate surface area is 113 Å². The predicted molar refractivity (Wildman–Crippen MR) is 73.7 cm³/mol. The van der Waals surface area contributed by atoms with Crippen LogP contribution < -0.4 is 11.1 Å². The Morgan fingerprint density at radius 2 is 2.11 bits per heavy atom. The standard InChI is InChI=1S/C13H22N6/c14-13(16-10-5-2-1-3-6-10)15-9-12-18-17-11-7-4-8-19(11)12/h10H,1-9H2,(H3,14,15,16). The molecule has 1 aromatic rings. The number of aryl methyl sites for hydroxylation is 1. The molecule has 0 radical (unpaired) electrons. The van der Waals surface area contributed by atoms with Gasteiger partial charge in [-0.15, -0.1) is 10.2 Å². The van der Waals surface area contributed by atoms with Gasteiger partial charge in [-0.3, -0.25) is 0 Å². The van der Waals surface area contributed by atoms with Crippen molar-refractivity contribution < 1.29 is 0 Å². The summed E-state index contributed by atoms with van der Waals surface area (Å²) in [6, 6.07) is 0.501. The van der Waals surface area contributed by atoms with E-state index in [1.165, 1.54) is 32.1 Å². The highest BCUT2D eigenvalue weighted by molar-refractivity contribution is 5.78. The second-order valence-corrected chi connectivity index (χ2v) is 5.47. The van der Waals surface area contributed by atoms with Crippen molar-refractivity contribution in [1.82, 2.24) is 20.1 Å². The normalized spacial score (nSPS) is 20.5. The number of nitrogens with zero attached hydrogens (tertiary/aromatic N) is 4. The summed E-state index contributed by atoms with van der Waals surface area (Å²) in [6.45, 7) is 1.54. The predicted octanol–water partition coefficient (Wildman–Crippen LogP) is 0.961. The third-order valence-corrected chi connectivity index (χ3v) is 4.03. The van der Waals surface area contributed by atoms with E-state index in [0.717, 1.165) is 31.0 Å². The van der Waals surface area contributed by atoms with Crippen LogP contribution in [0.5, 0.6) is 0 Å². The molecule has 6 heteroatoms. The van der Waals surface area contributed by atoms with Gasteiger partial charge in [-0.1, -0.05) is 19.3 Å². The molecule has 1 saturated carbocycles. The molecule has 1 aliphatic heterocycles. The number of nitrogens with two attached hydrogens (primary N) is 1. The number of fused-ring (bicyclic) bond motifs is 1. The van der Waals surface area contributed by atoms with Crippen LogP contribution in [0.25, 0.3) is 0 Å². The third-order valence-electron chi connectivity index (χ3n) is 4.03. The van der Waals surface area contributed by atoms with Gasteiger partial charge in [0, 0.05) is 19.0 Å². The average molecular weight is 262 g/mol. The van der Waals surface area contributed by atoms with Crippen molar-refractivity contribution in [2.24, 2.45) is 10.7 Å². The first-order valence-electron chi connectivity index (χ1n) is 7.30. The van der Waals surface area contributed by atoms with E-state index in [1.54, 1.807) is 0 Å². The van der Waals surface area contributed by atoms with Crippen molar-refractivity contribution >= 4 is 5.96 Å². The topological polar surface area (TPSA) is 81.1 Å². The minimum absolute atomic E-state index is 0.501. The molecule has 6 nitrogen and oxygen atoms in total. The van der Waals surface area contributed by atoms with Crippen LogP contribution in [0.15, 0.2) is 4.99 Å². The molecule has 104 valence electrons. The molecule has 0 amide bonds. The molecule has 1 fully saturated rings. The SMILES string of the molecule is NC(=NCc1nnc2n1CCC2)NC1CCCCC1. The summed E-state index contributed by atoms with van der Waals surface area (Å²) in [7, 11) is 0. The van der Waals surface area contributed by atoms with Crippen molar-refractivity contribution in [2.45, 2.75) is 64.1 Å². The van der Waals surface area contributed by atoms with E-state index in [-0.39, 0.29) is 0 Å². The molecule has 1 aromatic heterocycles. The highest BCUT2D eigenvalue weighted by Crippen LogP contribution is 2.17. The molecule has 2 aliphatic rings. The Balaban J connectivity index is 1.55. The smallest absolute Gasteiger partial charge is 0.189 e. The van der Waals surface area contributed by atoms with Crippen LogP contribution in [0.4, 0.5) is 0 Å². The molecule has 0 spiro atoms. The first-order valence-corrected chi connectivity index (χ1v) is 7.30. The van der Waals surface area contributed by atoms with Crippen molar-refractivity contribution in [3.8, 4) is 0 Å². The lowest BCUT2D eigenvalue weighted by Gasteiger charge is -2.23. The zero-order valence-electron chi connectivity index (χ0n) is 11.3. The van der Waals surface area contributed by atoms with Crippen molar-refractivity contribution in [3.05, 3.63) is 11.6 Å². The van der Waals surface area contributed by atoms with E-state index in [1.807, 2.05) is 0 Å². The van der Waals surface area contributed by atoms with Crippen LogP contribution in [0.2, 0.25) is 0 Å². The summed E-state index contributed by atoms with van der Waals surface area (Å²) in [5.41, 5.74) is 5.95. The van der Waals surface area contributed by atoms with Gasteiger partial charge in [0.15, 0.2) is 11.8 Å². The molecule has 3 rings (SSSR count). The van der Waals surface area contributed by atoms with Crippen LogP contribution >= 0.6 is 0 Å². The van der Waals surface area contributed by atoms with Gasteiger partial charge in [-0.25, -0.2) is 4.99 Å². The highest BCUT2D eigenvalue weighted by Gasteiger charge is 2.17. The Hall–Kier alpha value is -1.59. The summed E-state index contributed by atoms with van der Waals surface area (Å²) in [5.74, 6) is 2.56. The van der Waals surface area contributed by atoms with Crippen molar-refractivity contribution in [2.75, 3.05) is 0 Å². The summed E-state index contributed by atoms with van der Waals surface area (Å²) in [4.78, 5) is 4.40. The molecule has 3 N–H and O–H groups in total. The number of hydrogen-bond acceptors (Lipinski definition) is 3.